The second-order valence-electron chi connectivity index (χ2n) is 3.67. The molecular formula is C12H22N4O3. The molecule has 0 saturated carbocycles. The van der Waals surface area contributed by atoms with Gasteiger partial charge < -0.3 is 24.8 Å². The summed E-state index contributed by atoms with van der Waals surface area (Å²) in [7, 11) is 3.25. The van der Waals surface area contributed by atoms with E-state index < -0.39 is 0 Å². The third kappa shape index (κ3) is 5.27. The van der Waals surface area contributed by atoms with Gasteiger partial charge in [0, 0.05) is 20.2 Å². The Kier molecular flexibility index (Phi) is 7.60. The Hall–Kier alpha value is -1.60. The standard InChI is InChI=1S/C12H22N4O3/c1-4-13-11-10(18-3)12(16-9-15-11)14-5-6-19-8-7-17-2/h9H,4-8H2,1-3H3,(H2,13,14,15,16). The molecule has 0 saturated heterocycles. The minimum Gasteiger partial charge on any atom is -0.490 e. The molecule has 0 fully saturated rings. The van der Waals surface area contributed by atoms with Crippen LogP contribution in [0.1, 0.15) is 6.92 Å². The van der Waals surface area contributed by atoms with Crippen LogP contribution in [0.3, 0.4) is 0 Å². The third-order valence-electron chi connectivity index (χ3n) is 2.32. The average molecular weight is 270 g/mol. The Balaban J connectivity index is 2.46. The lowest BCUT2D eigenvalue weighted by atomic mass is 10.4. The molecule has 0 atom stereocenters. The van der Waals surface area contributed by atoms with Crippen molar-refractivity contribution >= 4 is 11.6 Å². The Morgan fingerprint density at radius 3 is 2.42 bits per heavy atom. The summed E-state index contributed by atoms with van der Waals surface area (Å²) < 4.78 is 15.6. The molecular weight excluding hydrogens is 248 g/mol. The molecule has 1 aromatic heterocycles. The minimum absolute atomic E-state index is 0.576. The molecule has 1 heterocycles. The van der Waals surface area contributed by atoms with Gasteiger partial charge in [-0.3, -0.25) is 0 Å². The van der Waals surface area contributed by atoms with E-state index in [1.807, 2.05) is 6.92 Å². The van der Waals surface area contributed by atoms with Gasteiger partial charge in [-0.1, -0.05) is 0 Å². The van der Waals surface area contributed by atoms with E-state index in [0.717, 1.165) is 6.54 Å². The van der Waals surface area contributed by atoms with E-state index in [4.69, 9.17) is 14.2 Å². The van der Waals surface area contributed by atoms with Gasteiger partial charge in [0.25, 0.3) is 0 Å². The van der Waals surface area contributed by atoms with E-state index in [1.165, 1.54) is 6.33 Å². The first-order valence-corrected chi connectivity index (χ1v) is 6.26. The van der Waals surface area contributed by atoms with Gasteiger partial charge in [-0.25, -0.2) is 9.97 Å². The lowest BCUT2D eigenvalue weighted by molar-refractivity contribution is 0.0759. The predicted molar refractivity (Wildman–Crippen MR) is 73.9 cm³/mol. The van der Waals surface area contributed by atoms with E-state index in [-0.39, 0.29) is 0 Å². The topological polar surface area (TPSA) is 77.5 Å². The minimum atomic E-state index is 0.576. The molecule has 0 amide bonds. The number of nitrogens with one attached hydrogen (secondary N) is 2. The molecule has 7 heteroatoms. The predicted octanol–water partition coefficient (Wildman–Crippen LogP) is 0.992. The third-order valence-corrected chi connectivity index (χ3v) is 2.32. The van der Waals surface area contributed by atoms with Crippen LogP contribution in [0.25, 0.3) is 0 Å². The second-order valence-corrected chi connectivity index (χ2v) is 3.67. The van der Waals surface area contributed by atoms with Crippen molar-refractivity contribution in [3.05, 3.63) is 6.33 Å². The lowest BCUT2D eigenvalue weighted by Crippen LogP contribution is -2.14. The summed E-state index contributed by atoms with van der Waals surface area (Å²) >= 11 is 0. The van der Waals surface area contributed by atoms with Gasteiger partial charge in [0.1, 0.15) is 6.33 Å². The highest BCUT2D eigenvalue weighted by Crippen LogP contribution is 2.28. The maximum atomic E-state index is 5.36. The quantitative estimate of drug-likeness (QED) is 0.614. The van der Waals surface area contributed by atoms with Gasteiger partial charge in [-0.2, -0.15) is 0 Å². The highest BCUT2D eigenvalue weighted by Gasteiger charge is 2.10. The van der Waals surface area contributed by atoms with Gasteiger partial charge in [0.05, 0.1) is 26.9 Å². The zero-order chi connectivity index (χ0) is 13.9. The van der Waals surface area contributed by atoms with Crippen LogP contribution in [0.5, 0.6) is 5.75 Å². The molecule has 108 valence electrons. The van der Waals surface area contributed by atoms with E-state index in [1.54, 1.807) is 14.2 Å². The van der Waals surface area contributed by atoms with Crippen molar-refractivity contribution in [3.8, 4) is 5.75 Å². The largest absolute Gasteiger partial charge is 0.490 e. The van der Waals surface area contributed by atoms with Gasteiger partial charge in [-0.05, 0) is 6.92 Å². The van der Waals surface area contributed by atoms with E-state index in [9.17, 15) is 0 Å². The summed E-state index contributed by atoms with van der Waals surface area (Å²) in [6.07, 6.45) is 1.49. The van der Waals surface area contributed by atoms with E-state index in [2.05, 4.69) is 20.6 Å². The van der Waals surface area contributed by atoms with E-state index >= 15 is 0 Å². The smallest absolute Gasteiger partial charge is 0.204 e. The average Bonchev–Trinajstić information content (AvgIpc) is 2.43. The summed E-state index contributed by atoms with van der Waals surface area (Å²) in [5.41, 5.74) is 0. The molecule has 0 aliphatic rings. The van der Waals surface area contributed by atoms with Crippen LogP contribution in [-0.2, 0) is 9.47 Å². The summed E-state index contributed by atoms with van der Waals surface area (Å²) in [4.78, 5) is 8.29. The second kappa shape index (κ2) is 9.35. The van der Waals surface area contributed by atoms with Crippen molar-refractivity contribution in [1.29, 1.82) is 0 Å². The normalized spacial score (nSPS) is 10.3. The maximum absolute atomic E-state index is 5.36. The molecule has 0 aliphatic carbocycles. The van der Waals surface area contributed by atoms with Crippen molar-refractivity contribution in [2.24, 2.45) is 0 Å². The number of rotatable bonds is 10. The van der Waals surface area contributed by atoms with Gasteiger partial charge in [0.2, 0.25) is 5.75 Å². The van der Waals surface area contributed by atoms with Crippen molar-refractivity contribution in [1.82, 2.24) is 9.97 Å². The molecule has 0 radical (unpaired) electrons. The van der Waals surface area contributed by atoms with Crippen LogP contribution >= 0.6 is 0 Å². The number of hydrogen-bond acceptors (Lipinski definition) is 7. The van der Waals surface area contributed by atoms with Crippen LogP contribution in [0, 0.1) is 0 Å². The molecule has 19 heavy (non-hydrogen) atoms. The fraction of sp³-hybridized carbons (Fsp3) is 0.667. The number of ether oxygens (including phenoxy) is 3. The number of anilines is 2. The Bertz CT molecular complexity index is 363. The molecule has 0 bridgehead atoms. The van der Waals surface area contributed by atoms with Crippen molar-refractivity contribution in [2.45, 2.75) is 6.92 Å². The summed E-state index contributed by atoms with van der Waals surface area (Å²) in [6, 6.07) is 0. The summed E-state index contributed by atoms with van der Waals surface area (Å²) in [6.45, 7) is 5.17. The fourth-order valence-electron chi connectivity index (χ4n) is 1.47. The molecule has 1 aromatic rings. The molecule has 0 aromatic carbocycles. The molecule has 1 rings (SSSR count). The first-order chi connectivity index (χ1) is 9.33. The van der Waals surface area contributed by atoms with Crippen molar-refractivity contribution in [2.75, 3.05) is 57.8 Å². The number of aromatic nitrogens is 2. The van der Waals surface area contributed by atoms with Crippen molar-refractivity contribution in [3.63, 3.8) is 0 Å². The first-order valence-electron chi connectivity index (χ1n) is 6.26. The molecule has 0 aliphatic heterocycles. The zero-order valence-corrected chi connectivity index (χ0v) is 11.7. The van der Waals surface area contributed by atoms with Crippen LogP contribution in [-0.4, -0.2) is 57.1 Å². The van der Waals surface area contributed by atoms with Crippen LogP contribution in [0.2, 0.25) is 0 Å². The summed E-state index contributed by atoms with van der Waals surface area (Å²) in [5, 5.41) is 6.28. The van der Waals surface area contributed by atoms with Gasteiger partial charge in [0.15, 0.2) is 11.6 Å². The van der Waals surface area contributed by atoms with Gasteiger partial charge >= 0.3 is 0 Å². The highest BCUT2D eigenvalue weighted by atomic mass is 16.5. The summed E-state index contributed by atoms with van der Waals surface area (Å²) in [5.74, 6) is 1.95. The van der Waals surface area contributed by atoms with Gasteiger partial charge in [-0.15, -0.1) is 0 Å². The Labute approximate surface area is 113 Å². The molecule has 2 N–H and O–H groups in total. The SMILES string of the molecule is CCNc1ncnc(NCCOCCOC)c1OC. The monoisotopic (exact) mass is 270 g/mol. The zero-order valence-electron chi connectivity index (χ0n) is 11.7. The Morgan fingerprint density at radius 2 is 1.79 bits per heavy atom. The lowest BCUT2D eigenvalue weighted by Gasteiger charge is -2.13. The van der Waals surface area contributed by atoms with Crippen molar-refractivity contribution < 1.29 is 14.2 Å². The van der Waals surface area contributed by atoms with Crippen LogP contribution < -0.4 is 15.4 Å². The van der Waals surface area contributed by atoms with Crippen LogP contribution in [0.15, 0.2) is 6.33 Å². The number of nitrogens with zero attached hydrogens (tertiary/aromatic N) is 2. The first kappa shape index (κ1) is 15.5. The molecule has 0 spiro atoms. The molecule has 0 unspecified atom stereocenters. The molecule has 7 nitrogen and oxygen atoms in total. The van der Waals surface area contributed by atoms with Crippen LogP contribution in [0.4, 0.5) is 11.6 Å². The fourth-order valence-corrected chi connectivity index (χ4v) is 1.47. The Morgan fingerprint density at radius 1 is 1.05 bits per heavy atom. The maximum Gasteiger partial charge on any atom is 0.204 e. The highest BCUT2D eigenvalue weighted by molar-refractivity contribution is 5.63. The number of methoxy groups -OCH3 is 2. The number of hydrogen-bond donors (Lipinski definition) is 2. The van der Waals surface area contributed by atoms with E-state index in [0.29, 0.717) is 43.8 Å².